The Morgan fingerprint density at radius 1 is 0.389 bits per heavy atom. The van der Waals surface area contributed by atoms with Gasteiger partial charge < -0.3 is 5.32 Å². The molecule has 0 saturated heterocycles. The Balaban J connectivity index is 1.38. The van der Waals surface area contributed by atoms with E-state index in [0.717, 1.165) is 15.8 Å². The van der Waals surface area contributed by atoms with Gasteiger partial charge in [0.25, 0.3) is 0 Å². The monoisotopic (exact) mass is 525 g/mol. The first-order chi connectivity index (χ1) is 17.7. The number of hydrogen-bond acceptors (Lipinski definition) is 1. The van der Waals surface area contributed by atoms with Crippen molar-refractivity contribution >= 4 is 38.1 Å². The molecule has 0 aliphatic rings. The number of benzene rings is 6. The molecule has 6 aromatic rings. The number of rotatable bonds is 5. The highest BCUT2D eigenvalue weighted by Gasteiger charge is 2.11. The molecule has 0 aliphatic heterocycles. The third-order valence-corrected chi connectivity index (χ3v) is 7.04. The zero-order valence-electron chi connectivity index (χ0n) is 19.7. The molecule has 0 aromatic heterocycles. The quantitative estimate of drug-likeness (QED) is 0.236. The summed E-state index contributed by atoms with van der Waals surface area (Å²) in [6.45, 7) is 0. The molecule has 1 N–H and O–H groups in total. The smallest absolute Gasteiger partial charge is 0.0384 e. The van der Waals surface area contributed by atoms with Crippen LogP contribution in [0.4, 0.5) is 11.4 Å². The first-order valence-corrected chi connectivity index (χ1v) is 12.8. The molecular formula is C34H24BrN. The van der Waals surface area contributed by atoms with Crippen molar-refractivity contribution in [2.45, 2.75) is 0 Å². The zero-order valence-corrected chi connectivity index (χ0v) is 21.2. The number of hydrogen-bond donors (Lipinski definition) is 1. The molecule has 6 aromatic carbocycles. The largest absolute Gasteiger partial charge is 0.356 e. The van der Waals surface area contributed by atoms with E-state index in [4.69, 9.17) is 0 Å². The van der Waals surface area contributed by atoms with E-state index in [1.165, 1.54) is 44.2 Å². The van der Waals surface area contributed by atoms with Crippen LogP contribution in [0.1, 0.15) is 0 Å². The van der Waals surface area contributed by atoms with Gasteiger partial charge in [0.2, 0.25) is 0 Å². The molecule has 36 heavy (non-hydrogen) atoms. The second-order valence-corrected chi connectivity index (χ2v) is 9.81. The standard InChI is InChI=1S/C34H24BrN/c35-30-15-19-32(20-16-30)36-31-17-12-26(13-18-31)33-21-14-29(23-34(33)25-7-2-1-3-8-25)28-11-10-24-6-4-5-9-27(24)22-28/h1-23,36H. The Morgan fingerprint density at radius 2 is 0.944 bits per heavy atom. The van der Waals surface area contributed by atoms with Crippen LogP contribution in [0.15, 0.2) is 144 Å². The minimum atomic E-state index is 1.06. The first-order valence-electron chi connectivity index (χ1n) is 12.0. The van der Waals surface area contributed by atoms with Crippen LogP contribution in [0.5, 0.6) is 0 Å². The summed E-state index contributed by atoms with van der Waals surface area (Å²) in [6, 6.07) is 49.6. The maximum absolute atomic E-state index is 3.49. The SMILES string of the molecule is Brc1ccc(Nc2ccc(-c3ccc(-c4ccc5ccccc5c4)cc3-c3ccccc3)cc2)cc1. The lowest BCUT2D eigenvalue weighted by Gasteiger charge is -2.14. The van der Waals surface area contributed by atoms with Crippen molar-refractivity contribution in [3.63, 3.8) is 0 Å². The molecule has 0 aliphatic carbocycles. The van der Waals surface area contributed by atoms with E-state index >= 15 is 0 Å². The maximum atomic E-state index is 3.49. The lowest BCUT2D eigenvalue weighted by Crippen LogP contribution is -1.91. The van der Waals surface area contributed by atoms with E-state index in [1.807, 2.05) is 12.1 Å². The van der Waals surface area contributed by atoms with Crippen molar-refractivity contribution in [1.29, 1.82) is 0 Å². The molecule has 0 fully saturated rings. The number of fused-ring (bicyclic) bond motifs is 1. The van der Waals surface area contributed by atoms with Crippen LogP contribution in [-0.4, -0.2) is 0 Å². The van der Waals surface area contributed by atoms with Crippen molar-refractivity contribution in [1.82, 2.24) is 0 Å². The van der Waals surface area contributed by atoms with E-state index in [1.54, 1.807) is 0 Å². The molecule has 172 valence electrons. The van der Waals surface area contributed by atoms with Crippen LogP contribution in [0.25, 0.3) is 44.2 Å². The van der Waals surface area contributed by atoms with Gasteiger partial charge in [0.05, 0.1) is 0 Å². The van der Waals surface area contributed by atoms with Crippen molar-refractivity contribution < 1.29 is 0 Å². The molecule has 6 rings (SSSR count). The Morgan fingerprint density at radius 3 is 1.69 bits per heavy atom. The second kappa shape index (κ2) is 9.85. The van der Waals surface area contributed by atoms with Gasteiger partial charge in [-0.1, -0.05) is 107 Å². The van der Waals surface area contributed by atoms with Gasteiger partial charge in [-0.2, -0.15) is 0 Å². The summed E-state index contributed by atoms with van der Waals surface area (Å²) in [4.78, 5) is 0. The summed E-state index contributed by atoms with van der Waals surface area (Å²) in [7, 11) is 0. The molecule has 0 unspecified atom stereocenters. The summed E-state index contributed by atoms with van der Waals surface area (Å²) < 4.78 is 1.07. The van der Waals surface area contributed by atoms with E-state index < -0.39 is 0 Å². The summed E-state index contributed by atoms with van der Waals surface area (Å²) >= 11 is 3.49. The van der Waals surface area contributed by atoms with Crippen LogP contribution < -0.4 is 5.32 Å². The van der Waals surface area contributed by atoms with Gasteiger partial charge in [0.1, 0.15) is 0 Å². The Hall–Kier alpha value is -4.14. The third-order valence-electron chi connectivity index (χ3n) is 6.52. The lowest BCUT2D eigenvalue weighted by atomic mass is 9.90. The molecule has 0 atom stereocenters. The fraction of sp³-hybridized carbons (Fsp3) is 0. The zero-order chi connectivity index (χ0) is 24.3. The minimum Gasteiger partial charge on any atom is -0.356 e. The van der Waals surface area contributed by atoms with E-state index in [9.17, 15) is 0 Å². The first kappa shape index (κ1) is 22.3. The van der Waals surface area contributed by atoms with Crippen LogP contribution in [0, 0.1) is 0 Å². The molecule has 0 amide bonds. The predicted octanol–water partition coefficient (Wildman–Crippen LogP) is 10.3. The maximum Gasteiger partial charge on any atom is 0.0384 e. The molecule has 0 radical (unpaired) electrons. The van der Waals surface area contributed by atoms with Crippen LogP contribution >= 0.6 is 15.9 Å². The highest BCUT2D eigenvalue weighted by molar-refractivity contribution is 9.10. The molecule has 0 bridgehead atoms. The van der Waals surface area contributed by atoms with Crippen LogP contribution in [-0.2, 0) is 0 Å². The molecule has 0 spiro atoms. The Bertz CT molecular complexity index is 1640. The van der Waals surface area contributed by atoms with Crippen LogP contribution in [0.2, 0.25) is 0 Å². The predicted molar refractivity (Wildman–Crippen MR) is 158 cm³/mol. The Kier molecular flexibility index (Phi) is 6.11. The highest BCUT2D eigenvalue weighted by Crippen LogP contribution is 2.37. The number of nitrogens with one attached hydrogen (secondary N) is 1. The molecule has 2 heteroatoms. The molecule has 0 heterocycles. The second-order valence-electron chi connectivity index (χ2n) is 8.90. The third kappa shape index (κ3) is 4.68. The van der Waals surface area contributed by atoms with Gasteiger partial charge in [-0.25, -0.2) is 0 Å². The average molecular weight is 526 g/mol. The van der Waals surface area contributed by atoms with E-state index in [2.05, 4.69) is 149 Å². The normalized spacial score (nSPS) is 10.9. The van der Waals surface area contributed by atoms with Crippen LogP contribution in [0.3, 0.4) is 0 Å². The van der Waals surface area contributed by atoms with E-state index in [-0.39, 0.29) is 0 Å². The van der Waals surface area contributed by atoms with Gasteiger partial charge in [-0.05, 0) is 92.7 Å². The van der Waals surface area contributed by atoms with Crippen molar-refractivity contribution in [2.24, 2.45) is 0 Å². The minimum absolute atomic E-state index is 1.06. The fourth-order valence-electron chi connectivity index (χ4n) is 4.63. The molecule has 1 nitrogen and oxygen atoms in total. The van der Waals surface area contributed by atoms with Crippen molar-refractivity contribution in [3.05, 3.63) is 144 Å². The van der Waals surface area contributed by atoms with Gasteiger partial charge in [0, 0.05) is 15.8 Å². The topological polar surface area (TPSA) is 12.0 Å². The fourth-order valence-corrected chi connectivity index (χ4v) is 4.90. The number of anilines is 2. The molecule has 0 saturated carbocycles. The van der Waals surface area contributed by atoms with Gasteiger partial charge >= 0.3 is 0 Å². The Labute approximate surface area is 220 Å². The lowest BCUT2D eigenvalue weighted by molar-refractivity contribution is 1.52. The average Bonchev–Trinajstić information content (AvgIpc) is 2.95. The summed E-state index contributed by atoms with van der Waals surface area (Å²) in [5, 5.41) is 6.00. The summed E-state index contributed by atoms with van der Waals surface area (Å²) in [5.74, 6) is 0. The van der Waals surface area contributed by atoms with Gasteiger partial charge in [-0.3, -0.25) is 0 Å². The van der Waals surface area contributed by atoms with Gasteiger partial charge in [-0.15, -0.1) is 0 Å². The number of halogens is 1. The van der Waals surface area contributed by atoms with Gasteiger partial charge in [0.15, 0.2) is 0 Å². The van der Waals surface area contributed by atoms with E-state index in [0.29, 0.717) is 0 Å². The molecular weight excluding hydrogens is 502 g/mol. The summed E-state index contributed by atoms with van der Waals surface area (Å²) in [5.41, 5.74) is 9.44. The van der Waals surface area contributed by atoms with Crippen molar-refractivity contribution in [3.8, 4) is 33.4 Å². The van der Waals surface area contributed by atoms with Crippen molar-refractivity contribution in [2.75, 3.05) is 5.32 Å². The highest BCUT2D eigenvalue weighted by atomic mass is 79.9. The summed E-state index contributed by atoms with van der Waals surface area (Å²) in [6.07, 6.45) is 0.